The molecule has 4 aromatic heterocycles. The minimum atomic E-state index is 0.602. The third-order valence-corrected chi connectivity index (χ3v) is 8.34. The first-order valence-corrected chi connectivity index (χ1v) is 14.2. The Morgan fingerprint density at radius 3 is 2.23 bits per heavy atom. The van der Waals surface area contributed by atoms with Crippen molar-refractivity contribution in [2.75, 3.05) is 0 Å². The molecule has 6 nitrogen and oxygen atoms in total. The maximum absolute atomic E-state index is 10.4. The SMILES string of the molecule is N#Cc1cccc(-n2c3ccccc3c3cccnc32)c1-c1cccc(-n2c3ccccc3n3c4ccccc4nc23)c1. The van der Waals surface area contributed by atoms with Gasteiger partial charge in [-0.1, -0.05) is 60.7 Å². The number of benzene rings is 5. The first-order valence-electron chi connectivity index (χ1n) is 14.2. The number of hydrogen-bond donors (Lipinski definition) is 0. The van der Waals surface area contributed by atoms with Crippen molar-refractivity contribution in [2.24, 2.45) is 0 Å². The summed E-state index contributed by atoms with van der Waals surface area (Å²) in [6, 6.07) is 45.8. The van der Waals surface area contributed by atoms with Crippen LogP contribution in [0.4, 0.5) is 0 Å². The first-order chi connectivity index (χ1) is 21.3. The van der Waals surface area contributed by atoms with Crippen molar-refractivity contribution in [1.29, 1.82) is 5.26 Å². The zero-order valence-electron chi connectivity index (χ0n) is 22.9. The number of pyridine rings is 1. The zero-order chi connectivity index (χ0) is 28.5. The van der Waals surface area contributed by atoms with E-state index < -0.39 is 0 Å². The summed E-state index contributed by atoms with van der Waals surface area (Å²) in [5, 5.41) is 12.6. The topological polar surface area (TPSA) is 63.8 Å². The highest BCUT2D eigenvalue weighted by atomic mass is 15.2. The van der Waals surface area contributed by atoms with Gasteiger partial charge >= 0.3 is 0 Å². The van der Waals surface area contributed by atoms with Gasteiger partial charge in [-0.3, -0.25) is 13.5 Å². The van der Waals surface area contributed by atoms with Gasteiger partial charge in [0.2, 0.25) is 5.78 Å². The molecule has 0 amide bonds. The molecule has 0 aliphatic carbocycles. The van der Waals surface area contributed by atoms with Crippen molar-refractivity contribution in [3.63, 3.8) is 0 Å². The predicted molar refractivity (Wildman–Crippen MR) is 172 cm³/mol. The van der Waals surface area contributed by atoms with Crippen LogP contribution in [0.15, 0.2) is 134 Å². The monoisotopic (exact) mass is 550 g/mol. The van der Waals surface area contributed by atoms with Crippen LogP contribution in [0.3, 0.4) is 0 Å². The summed E-state index contributed by atoms with van der Waals surface area (Å²) >= 11 is 0. The summed E-state index contributed by atoms with van der Waals surface area (Å²) in [7, 11) is 0. The Kier molecular flexibility index (Phi) is 4.87. The molecule has 9 rings (SSSR count). The molecular weight excluding hydrogens is 528 g/mol. The highest BCUT2D eigenvalue weighted by molar-refractivity contribution is 6.08. The lowest BCUT2D eigenvalue weighted by atomic mass is 9.97. The lowest BCUT2D eigenvalue weighted by Gasteiger charge is -2.16. The molecule has 0 saturated carbocycles. The van der Waals surface area contributed by atoms with Crippen molar-refractivity contribution < 1.29 is 0 Å². The standard InChI is InChI=1S/C37H22N6/c38-23-25-11-8-20-34(42-30-16-3-1-13-27(30)28-14-9-21-39-36(28)42)35(25)24-10-7-12-26(22-24)41-32-18-5-6-19-33(32)43-31-17-4-2-15-29(31)40-37(41)43/h1-22H. The Morgan fingerprint density at radius 1 is 0.605 bits per heavy atom. The largest absolute Gasteiger partial charge is 0.293 e. The molecule has 9 aromatic rings. The van der Waals surface area contributed by atoms with Crippen molar-refractivity contribution in [3.8, 4) is 28.6 Å². The molecule has 200 valence electrons. The molecule has 0 spiro atoms. The van der Waals surface area contributed by atoms with Gasteiger partial charge in [-0.25, -0.2) is 9.97 Å². The van der Waals surface area contributed by atoms with E-state index in [-0.39, 0.29) is 0 Å². The molecule has 0 atom stereocenters. The molecule has 4 heterocycles. The van der Waals surface area contributed by atoms with Crippen molar-refractivity contribution in [2.45, 2.75) is 0 Å². The lowest BCUT2D eigenvalue weighted by molar-refractivity contribution is 1.11. The Balaban J connectivity index is 1.34. The summed E-state index contributed by atoms with van der Waals surface area (Å²) in [5.41, 5.74) is 10.4. The molecule has 0 N–H and O–H groups in total. The Morgan fingerprint density at radius 2 is 1.35 bits per heavy atom. The number of nitriles is 1. The molecule has 43 heavy (non-hydrogen) atoms. The van der Waals surface area contributed by atoms with Crippen LogP contribution in [-0.2, 0) is 0 Å². The molecule has 0 aliphatic rings. The molecule has 0 radical (unpaired) electrons. The van der Waals surface area contributed by atoms with E-state index in [1.807, 2.05) is 48.7 Å². The summed E-state index contributed by atoms with van der Waals surface area (Å²) in [5.74, 6) is 0.847. The maximum atomic E-state index is 10.4. The van der Waals surface area contributed by atoms with Gasteiger partial charge in [0.1, 0.15) is 5.65 Å². The number of nitrogens with zero attached hydrogens (tertiary/aromatic N) is 6. The van der Waals surface area contributed by atoms with Gasteiger partial charge in [0.15, 0.2) is 0 Å². The second-order valence-electron chi connectivity index (χ2n) is 10.6. The van der Waals surface area contributed by atoms with Crippen LogP contribution in [0.1, 0.15) is 5.56 Å². The van der Waals surface area contributed by atoms with Crippen LogP contribution < -0.4 is 0 Å². The molecule has 0 fully saturated rings. The minimum absolute atomic E-state index is 0.602. The van der Waals surface area contributed by atoms with Crippen LogP contribution >= 0.6 is 0 Å². The third-order valence-electron chi connectivity index (χ3n) is 8.34. The number of hydrogen-bond acceptors (Lipinski definition) is 3. The fourth-order valence-corrected chi connectivity index (χ4v) is 6.57. The average molecular weight is 551 g/mol. The average Bonchev–Trinajstić information content (AvgIpc) is 3.71. The lowest BCUT2D eigenvalue weighted by Crippen LogP contribution is -2.01. The van der Waals surface area contributed by atoms with Gasteiger partial charge in [0.25, 0.3) is 0 Å². The molecule has 0 unspecified atom stereocenters. The van der Waals surface area contributed by atoms with Gasteiger partial charge in [-0.15, -0.1) is 0 Å². The van der Waals surface area contributed by atoms with E-state index in [0.29, 0.717) is 5.56 Å². The molecule has 6 heteroatoms. The number of rotatable bonds is 3. The van der Waals surface area contributed by atoms with E-state index >= 15 is 0 Å². The second kappa shape index (κ2) is 8.90. The van der Waals surface area contributed by atoms with E-state index in [9.17, 15) is 5.26 Å². The minimum Gasteiger partial charge on any atom is -0.293 e. The molecule has 0 saturated heterocycles. The van der Waals surface area contributed by atoms with Crippen molar-refractivity contribution in [1.82, 2.24) is 23.5 Å². The quantitative estimate of drug-likeness (QED) is 0.222. The van der Waals surface area contributed by atoms with Crippen LogP contribution in [-0.4, -0.2) is 23.5 Å². The fraction of sp³-hybridized carbons (Fsp3) is 0. The predicted octanol–water partition coefficient (Wildman–Crippen LogP) is 8.46. The Hall–Kier alpha value is -6.19. The number of imidazole rings is 2. The fourth-order valence-electron chi connectivity index (χ4n) is 6.57. The maximum Gasteiger partial charge on any atom is 0.220 e. The van der Waals surface area contributed by atoms with E-state index in [2.05, 4.69) is 105 Å². The van der Waals surface area contributed by atoms with Crippen LogP contribution in [0.2, 0.25) is 0 Å². The van der Waals surface area contributed by atoms with Gasteiger partial charge in [-0.05, 0) is 72.3 Å². The van der Waals surface area contributed by atoms with E-state index in [1.165, 1.54) is 0 Å². The Bertz CT molecular complexity index is 2540. The van der Waals surface area contributed by atoms with Crippen LogP contribution in [0, 0.1) is 11.3 Å². The number of fused-ring (bicyclic) bond motifs is 8. The summed E-state index contributed by atoms with van der Waals surface area (Å²) in [6.45, 7) is 0. The highest BCUT2D eigenvalue weighted by Crippen LogP contribution is 2.38. The van der Waals surface area contributed by atoms with Crippen molar-refractivity contribution >= 4 is 49.8 Å². The normalized spacial score (nSPS) is 11.7. The molecule has 0 bridgehead atoms. The smallest absolute Gasteiger partial charge is 0.220 e. The molecular formula is C37H22N6. The second-order valence-corrected chi connectivity index (χ2v) is 10.6. The molecule has 5 aromatic carbocycles. The van der Waals surface area contributed by atoms with Gasteiger partial charge < -0.3 is 0 Å². The number of para-hydroxylation sites is 5. The zero-order valence-corrected chi connectivity index (χ0v) is 22.9. The van der Waals surface area contributed by atoms with E-state index in [4.69, 9.17) is 9.97 Å². The first kappa shape index (κ1) is 23.5. The summed E-state index contributed by atoms with van der Waals surface area (Å²) in [6.07, 6.45) is 1.82. The van der Waals surface area contributed by atoms with Crippen LogP contribution in [0.5, 0.6) is 0 Å². The van der Waals surface area contributed by atoms with Crippen molar-refractivity contribution in [3.05, 3.63) is 139 Å². The number of aromatic nitrogens is 5. The highest BCUT2D eigenvalue weighted by Gasteiger charge is 2.21. The summed E-state index contributed by atoms with van der Waals surface area (Å²) < 4.78 is 6.60. The van der Waals surface area contributed by atoms with Gasteiger partial charge in [-0.2, -0.15) is 5.26 Å². The van der Waals surface area contributed by atoms with Gasteiger partial charge in [0.05, 0.1) is 44.9 Å². The Labute approximate surface area is 245 Å². The van der Waals surface area contributed by atoms with Crippen LogP contribution in [0.25, 0.3) is 72.3 Å². The summed E-state index contributed by atoms with van der Waals surface area (Å²) in [4.78, 5) is 9.85. The molecule has 0 aliphatic heterocycles. The van der Waals surface area contributed by atoms with Gasteiger partial charge in [0, 0.05) is 28.2 Å². The van der Waals surface area contributed by atoms with E-state index in [1.54, 1.807) is 0 Å². The van der Waals surface area contributed by atoms with E-state index in [0.717, 1.165) is 72.3 Å². The third kappa shape index (κ3) is 3.27.